The molecule has 0 spiro atoms. The van der Waals surface area contributed by atoms with Gasteiger partial charge in [-0.1, -0.05) is 15.9 Å². The van der Waals surface area contributed by atoms with Gasteiger partial charge in [0.25, 0.3) is 5.91 Å². The van der Waals surface area contributed by atoms with Crippen molar-refractivity contribution in [3.8, 4) is 0 Å². The molecule has 0 aromatic heterocycles. The largest absolute Gasteiger partial charge is 0.405 e. The Balaban J connectivity index is 2.90. The lowest BCUT2D eigenvalue weighted by Gasteiger charge is -2.09. The van der Waals surface area contributed by atoms with Crippen molar-refractivity contribution in [2.24, 2.45) is 0 Å². The number of halogens is 6. The Hall–Kier alpha value is -1.18. The molecule has 8 heteroatoms. The molecule has 1 amide bonds. The van der Waals surface area contributed by atoms with Crippen LogP contribution in [-0.2, 0) is 0 Å². The van der Waals surface area contributed by atoms with Crippen molar-refractivity contribution in [1.29, 1.82) is 0 Å². The fourth-order valence-electron chi connectivity index (χ4n) is 1.03. The molecule has 0 heterocycles. The van der Waals surface area contributed by atoms with E-state index in [-0.39, 0.29) is 4.47 Å². The first-order chi connectivity index (χ1) is 7.70. The first-order valence-electron chi connectivity index (χ1n) is 4.20. The molecule has 0 aliphatic heterocycles. The summed E-state index contributed by atoms with van der Waals surface area (Å²) in [6, 6.07) is 1.57. The summed E-state index contributed by atoms with van der Waals surface area (Å²) in [4.78, 5) is 11.1. The van der Waals surface area contributed by atoms with Crippen LogP contribution in [0.2, 0.25) is 0 Å². The Morgan fingerprint density at radius 3 is 2.12 bits per heavy atom. The van der Waals surface area contributed by atoms with Crippen molar-refractivity contribution in [3.05, 3.63) is 33.8 Å². The van der Waals surface area contributed by atoms with Crippen LogP contribution < -0.4 is 5.32 Å². The van der Waals surface area contributed by atoms with Gasteiger partial charge in [-0.15, -0.1) is 0 Å². The van der Waals surface area contributed by atoms with Gasteiger partial charge in [0, 0.05) is 4.47 Å². The minimum Gasteiger partial charge on any atom is -0.343 e. The predicted molar refractivity (Wildman–Crippen MR) is 52.4 cm³/mol. The second kappa shape index (κ2) is 4.99. The molecule has 2 nitrogen and oxygen atoms in total. The van der Waals surface area contributed by atoms with Crippen molar-refractivity contribution in [1.82, 2.24) is 5.32 Å². The van der Waals surface area contributed by atoms with Crippen molar-refractivity contribution in [2.75, 3.05) is 6.54 Å². The highest BCUT2D eigenvalue weighted by molar-refractivity contribution is 9.10. The molecular formula is C9H5BrF5NO. The SMILES string of the molecule is O=C(NCC(F)(F)F)c1c(F)cc(Br)cc1F. The van der Waals surface area contributed by atoms with Gasteiger partial charge in [-0.25, -0.2) is 8.78 Å². The molecule has 0 bridgehead atoms. The predicted octanol–water partition coefficient (Wildman–Crippen LogP) is 3.02. The Morgan fingerprint density at radius 1 is 1.24 bits per heavy atom. The highest BCUT2D eigenvalue weighted by atomic mass is 79.9. The highest BCUT2D eigenvalue weighted by Crippen LogP contribution is 2.20. The smallest absolute Gasteiger partial charge is 0.343 e. The van der Waals surface area contributed by atoms with Gasteiger partial charge in [-0.05, 0) is 12.1 Å². The maximum atomic E-state index is 13.2. The van der Waals surface area contributed by atoms with Gasteiger partial charge in [0.1, 0.15) is 23.7 Å². The highest BCUT2D eigenvalue weighted by Gasteiger charge is 2.29. The third kappa shape index (κ3) is 3.95. The second-order valence-corrected chi connectivity index (χ2v) is 3.96. The Bertz CT molecular complexity index is 422. The molecule has 0 fully saturated rings. The number of amides is 1. The molecule has 0 unspecified atom stereocenters. The van der Waals surface area contributed by atoms with Crippen LogP contribution in [0, 0.1) is 11.6 Å². The lowest BCUT2D eigenvalue weighted by Crippen LogP contribution is -2.34. The maximum Gasteiger partial charge on any atom is 0.405 e. The lowest BCUT2D eigenvalue weighted by atomic mass is 10.2. The molecule has 0 atom stereocenters. The third-order valence-corrected chi connectivity index (χ3v) is 2.14. The zero-order chi connectivity index (χ0) is 13.2. The summed E-state index contributed by atoms with van der Waals surface area (Å²) in [5, 5.41) is 1.38. The molecular weight excluding hydrogens is 313 g/mol. The molecule has 0 aliphatic rings. The number of nitrogens with one attached hydrogen (secondary N) is 1. The Kier molecular flexibility index (Phi) is 4.07. The van der Waals surface area contributed by atoms with Crippen LogP contribution >= 0.6 is 15.9 Å². The van der Waals surface area contributed by atoms with Gasteiger partial charge in [-0.2, -0.15) is 13.2 Å². The van der Waals surface area contributed by atoms with Crippen molar-refractivity contribution >= 4 is 21.8 Å². The van der Waals surface area contributed by atoms with E-state index in [2.05, 4.69) is 15.9 Å². The minimum atomic E-state index is -4.64. The van der Waals surface area contributed by atoms with E-state index < -0.39 is 35.8 Å². The topological polar surface area (TPSA) is 29.1 Å². The third-order valence-electron chi connectivity index (χ3n) is 1.68. The van der Waals surface area contributed by atoms with Crippen LogP contribution in [0.3, 0.4) is 0 Å². The van der Waals surface area contributed by atoms with Gasteiger partial charge < -0.3 is 5.32 Å². The molecule has 1 N–H and O–H groups in total. The van der Waals surface area contributed by atoms with Gasteiger partial charge in [-0.3, -0.25) is 4.79 Å². The van der Waals surface area contributed by atoms with Crippen LogP contribution in [-0.4, -0.2) is 18.6 Å². The maximum absolute atomic E-state index is 13.2. The van der Waals surface area contributed by atoms with Crippen molar-refractivity contribution in [3.63, 3.8) is 0 Å². The Labute approximate surface area is 101 Å². The van der Waals surface area contributed by atoms with Crippen LogP contribution in [0.1, 0.15) is 10.4 Å². The van der Waals surface area contributed by atoms with E-state index in [4.69, 9.17) is 0 Å². The lowest BCUT2D eigenvalue weighted by molar-refractivity contribution is -0.123. The molecule has 0 saturated heterocycles. The molecule has 1 aromatic rings. The fourth-order valence-corrected chi connectivity index (χ4v) is 1.43. The normalized spacial score (nSPS) is 11.4. The molecule has 94 valence electrons. The van der Waals surface area contributed by atoms with Gasteiger partial charge in [0.05, 0.1) is 0 Å². The summed E-state index contributed by atoms with van der Waals surface area (Å²) in [5.41, 5.74) is -1.04. The molecule has 1 aromatic carbocycles. The number of carbonyl (C=O) groups excluding carboxylic acids is 1. The second-order valence-electron chi connectivity index (χ2n) is 3.04. The summed E-state index contributed by atoms with van der Waals surface area (Å²) < 4.78 is 61.7. The first kappa shape index (κ1) is 13.9. The monoisotopic (exact) mass is 317 g/mol. The summed E-state index contributed by atoms with van der Waals surface area (Å²) in [7, 11) is 0. The van der Waals surface area contributed by atoms with E-state index in [0.29, 0.717) is 0 Å². The number of alkyl halides is 3. The van der Waals surface area contributed by atoms with Gasteiger partial charge in [0.15, 0.2) is 0 Å². The molecule has 0 radical (unpaired) electrons. The fraction of sp³-hybridized carbons (Fsp3) is 0.222. The van der Waals surface area contributed by atoms with Crippen molar-refractivity contribution < 1.29 is 26.7 Å². The van der Waals surface area contributed by atoms with Crippen LogP contribution in [0.5, 0.6) is 0 Å². The average Bonchev–Trinajstić information content (AvgIpc) is 2.11. The molecule has 0 aliphatic carbocycles. The van der Waals surface area contributed by atoms with Crippen LogP contribution in [0.4, 0.5) is 22.0 Å². The van der Waals surface area contributed by atoms with Crippen molar-refractivity contribution in [2.45, 2.75) is 6.18 Å². The van der Waals surface area contributed by atoms with E-state index in [1.165, 1.54) is 5.32 Å². The zero-order valence-electron chi connectivity index (χ0n) is 8.04. The standard InChI is InChI=1S/C9H5BrF5NO/c10-4-1-5(11)7(6(12)2-4)8(17)16-3-9(13,14)15/h1-2H,3H2,(H,16,17). The number of hydrogen-bond acceptors (Lipinski definition) is 1. The molecule has 0 saturated carbocycles. The summed E-state index contributed by atoms with van der Waals surface area (Å²) in [5.74, 6) is -3.93. The molecule has 17 heavy (non-hydrogen) atoms. The van der Waals surface area contributed by atoms with Gasteiger partial charge >= 0.3 is 6.18 Å². The van der Waals surface area contributed by atoms with Gasteiger partial charge in [0.2, 0.25) is 0 Å². The summed E-state index contributed by atoms with van der Waals surface area (Å²) in [6.07, 6.45) is -4.64. The summed E-state index contributed by atoms with van der Waals surface area (Å²) in [6.45, 7) is -1.65. The minimum absolute atomic E-state index is 0.0415. The average molecular weight is 318 g/mol. The number of rotatable bonds is 2. The number of carbonyl (C=O) groups is 1. The number of hydrogen-bond donors (Lipinski definition) is 1. The van der Waals surface area contributed by atoms with E-state index >= 15 is 0 Å². The quantitative estimate of drug-likeness (QED) is 0.835. The van der Waals surface area contributed by atoms with E-state index in [1.807, 2.05) is 0 Å². The number of benzene rings is 1. The zero-order valence-corrected chi connectivity index (χ0v) is 9.62. The van der Waals surface area contributed by atoms with E-state index in [1.54, 1.807) is 0 Å². The Morgan fingerprint density at radius 2 is 1.71 bits per heavy atom. The van der Waals surface area contributed by atoms with Crippen LogP contribution in [0.25, 0.3) is 0 Å². The van der Waals surface area contributed by atoms with E-state index in [9.17, 15) is 26.7 Å². The van der Waals surface area contributed by atoms with Crippen LogP contribution in [0.15, 0.2) is 16.6 Å². The summed E-state index contributed by atoms with van der Waals surface area (Å²) >= 11 is 2.78. The van der Waals surface area contributed by atoms with E-state index in [0.717, 1.165) is 12.1 Å². The molecule has 1 rings (SSSR count). The first-order valence-corrected chi connectivity index (χ1v) is 4.99.